The van der Waals surface area contributed by atoms with Crippen molar-refractivity contribution in [3.8, 4) is 0 Å². The molecule has 0 aromatic heterocycles. The van der Waals surface area contributed by atoms with E-state index in [9.17, 15) is 4.79 Å². The minimum atomic E-state index is -0.104. The first kappa shape index (κ1) is 15.4. The van der Waals surface area contributed by atoms with E-state index < -0.39 is 0 Å². The van der Waals surface area contributed by atoms with E-state index in [2.05, 4.69) is 38.3 Å². The summed E-state index contributed by atoms with van der Waals surface area (Å²) < 4.78 is 0. The smallest absolute Gasteiger partial charge is 0.234 e. The molecule has 0 saturated carbocycles. The molecule has 0 aliphatic carbocycles. The summed E-state index contributed by atoms with van der Waals surface area (Å²) in [4.78, 5) is 11.7. The molecule has 96 valence electrons. The number of amides is 1. The fraction of sp³-hybridized carbons (Fsp3) is 0.923. The Bertz CT molecular complexity index is 220. The fourth-order valence-electron chi connectivity index (χ4n) is 1.30. The van der Waals surface area contributed by atoms with Crippen molar-refractivity contribution in [2.24, 2.45) is 0 Å². The number of hydrogen-bond donors (Lipinski definition) is 2. The maximum Gasteiger partial charge on any atom is 0.234 e. The Balaban J connectivity index is 4.08. The molecular formula is C13H28N2O. The van der Waals surface area contributed by atoms with Crippen LogP contribution in [0.25, 0.3) is 0 Å². The van der Waals surface area contributed by atoms with Crippen LogP contribution < -0.4 is 10.6 Å². The normalized spacial score (nSPS) is 12.6. The quantitative estimate of drug-likeness (QED) is 0.703. The van der Waals surface area contributed by atoms with Gasteiger partial charge < -0.3 is 10.6 Å². The summed E-state index contributed by atoms with van der Waals surface area (Å²) in [5.41, 5.74) is -0.0265. The third-order valence-corrected chi connectivity index (χ3v) is 3.60. The predicted octanol–water partition coefficient (Wildman–Crippen LogP) is 2.46. The number of rotatable bonds is 7. The van der Waals surface area contributed by atoms with Gasteiger partial charge in [-0.05, 0) is 40.0 Å². The van der Waals surface area contributed by atoms with Crippen molar-refractivity contribution in [1.82, 2.24) is 10.6 Å². The SMILES string of the molecule is CCC(C)(C)NC(=O)CNC(C)(CC)CC. The largest absolute Gasteiger partial charge is 0.350 e. The van der Waals surface area contributed by atoms with Crippen molar-refractivity contribution < 1.29 is 4.79 Å². The second kappa shape index (κ2) is 6.24. The molecule has 0 spiro atoms. The van der Waals surface area contributed by atoms with Crippen molar-refractivity contribution in [3.63, 3.8) is 0 Å². The van der Waals surface area contributed by atoms with Crippen LogP contribution in [0.4, 0.5) is 0 Å². The molecule has 0 saturated heterocycles. The lowest BCUT2D eigenvalue weighted by Crippen LogP contribution is -2.51. The summed E-state index contributed by atoms with van der Waals surface area (Å²) >= 11 is 0. The third kappa shape index (κ3) is 5.50. The van der Waals surface area contributed by atoms with E-state index in [1.165, 1.54) is 0 Å². The first-order valence-electron chi connectivity index (χ1n) is 6.34. The zero-order chi connectivity index (χ0) is 12.8. The van der Waals surface area contributed by atoms with Gasteiger partial charge in [0.15, 0.2) is 0 Å². The summed E-state index contributed by atoms with van der Waals surface area (Å²) in [6, 6.07) is 0. The molecule has 0 aromatic carbocycles. The molecule has 1 amide bonds. The maximum atomic E-state index is 11.7. The summed E-state index contributed by atoms with van der Waals surface area (Å²) in [5.74, 6) is 0.0833. The summed E-state index contributed by atoms with van der Waals surface area (Å²) in [6.07, 6.45) is 3.01. The lowest BCUT2D eigenvalue weighted by Gasteiger charge is -2.30. The van der Waals surface area contributed by atoms with Crippen molar-refractivity contribution in [1.29, 1.82) is 0 Å². The number of hydrogen-bond acceptors (Lipinski definition) is 2. The highest BCUT2D eigenvalue weighted by Gasteiger charge is 2.22. The highest BCUT2D eigenvalue weighted by atomic mass is 16.2. The van der Waals surface area contributed by atoms with Crippen LogP contribution in [0, 0.1) is 0 Å². The van der Waals surface area contributed by atoms with Gasteiger partial charge in [0.1, 0.15) is 0 Å². The Hall–Kier alpha value is -0.570. The van der Waals surface area contributed by atoms with Gasteiger partial charge in [-0.25, -0.2) is 0 Å². The Morgan fingerprint density at radius 2 is 1.50 bits per heavy atom. The van der Waals surface area contributed by atoms with Crippen molar-refractivity contribution in [2.45, 2.75) is 71.9 Å². The van der Waals surface area contributed by atoms with Gasteiger partial charge >= 0.3 is 0 Å². The van der Waals surface area contributed by atoms with E-state index >= 15 is 0 Å². The molecule has 0 fully saturated rings. The highest BCUT2D eigenvalue weighted by Crippen LogP contribution is 2.13. The van der Waals surface area contributed by atoms with Crippen LogP contribution in [0.15, 0.2) is 0 Å². The molecule has 0 aromatic rings. The van der Waals surface area contributed by atoms with Crippen molar-refractivity contribution in [3.05, 3.63) is 0 Å². The van der Waals surface area contributed by atoms with Crippen molar-refractivity contribution in [2.75, 3.05) is 6.54 Å². The summed E-state index contributed by atoms with van der Waals surface area (Å²) in [6.45, 7) is 13.0. The van der Waals surface area contributed by atoms with Gasteiger partial charge in [0, 0.05) is 11.1 Å². The van der Waals surface area contributed by atoms with Gasteiger partial charge in [0.05, 0.1) is 6.54 Å². The van der Waals surface area contributed by atoms with Gasteiger partial charge in [-0.3, -0.25) is 4.79 Å². The molecule has 3 heteroatoms. The lowest BCUT2D eigenvalue weighted by atomic mass is 9.95. The molecule has 3 nitrogen and oxygen atoms in total. The number of carbonyl (C=O) groups is 1. The molecule has 0 bridgehead atoms. The van der Waals surface area contributed by atoms with Gasteiger partial charge in [-0.1, -0.05) is 20.8 Å². The second-order valence-electron chi connectivity index (χ2n) is 5.41. The maximum absolute atomic E-state index is 11.7. The van der Waals surface area contributed by atoms with Crippen LogP contribution in [-0.2, 0) is 4.79 Å². The third-order valence-electron chi connectivity index (χ3n) is 3.60. The topological polar surface area (TPSA) is 41.1 Å². The molecule has 16 heavy (non-hydrogen) atoms. The molecule has 0 unspecified atom stereocenters. The molecule has 0 aliphatic heterocycles. The van der Waals surface area contributed by atoms with Crippen LogP contribution in [0.5, 0.6) is 0 Å². The molecule has 0 aliphatic rings. The van der Waals surface area contributed by atoms with E-state index in [1.54, 1.807) is 0 Å². The van der Waals surface area contributed by atoms with Crippen LogP contribution in [0.1, 0.15) is 60.8 Å². The van der Waals surface area contributed by atoms with Crippen LogP contribution in [-0.4, -0.2) is 23.5 Å². The Labute approximate surface area is 100 Å². The average molecular weight is 228 g/mol. The van der Waals surface area contributed by atoms with Crippen LogP contribution >= 0.6 is 0 Å². The minimum absolute atomic E-state index is 0.0771. The predicted molar refractivity (Wildman–Crippen MR) is 69.5 cm³/mol. The molecule has 0 atom stereocenters. The Morgan fingerprint density at radius 1 is 1.00 bits per heavy atom. The van der Waals surface area contributed by atoms with Gasteiger partial charge in [0.25, 0.3) is 0 Å². The standard InChI is InChI=1S/C13H28N2O/c1-7-12(4,5)15-11(16)10-14-13(6,8-2)9-3/h14H,7-10H2,1-6H3,(H,15,16). The fourth-order valence-corrected chi connectivity index (χ4v) is 1.30. The van der Waals surface area contributed by atoms with Gasteiger partial charge in [-0.15, -0.1) is 0 Å². The van der Waals surface area contributed by atoms with E-state index in [-0.39, 0.29) is 17.0 Å². The molecular weight excluding hydrogens is 200 g/mol. The summed E-state index contributed by atoms with van der Waals surface area (Å²) in [5, 5.41) is 6.36. The number of nitrogens with one attached hydrogen (secondary N) is 2. The van der Waals surface area contributed by atoms with Crippen LogP contribution in [0.3, 0.4) is 0 Å². The van der Waals surface area contributed by atoms with E-state index in [4.69, 9.17) is 0 Å². The Morgan fingerprint density at radius 3 is 1.88 bits per heavy atom. The first-order valence-corrected chi connectivity index (χ1v) is 6.34. The zero-order valence-corrected chi connectivity index (χ0v) is 11.7. The van der Waals surface area contributed by atoms with E-state index in [0.717, 1.165) is 19.3 Å². The lowest BCUT2D eigenvalue weighted by molar-refractivity contribution is -0.122. The number of carbonyl (C=O) groups excluding carboxylic acids is 1. The molecule has 0 rings (SSSR count). The van der Waals surface area contributed by atoms with E-state index in [0.29, 0.717) is 6.54 Å². The van der Waals surface area contributed by atoms with Gasteiger partial charge in [0.2, 0.25) is 5.91 Å². The second-order valence-corrected chi connectivity index (χ2v) is 5.41. The average Bonchev–Trinajstić information content (AvgIpc) is 2.25. The van der Waals surface area contributed by atoms with Crippen LogP contribution in [0.2, 0.25) is 0 Å². The zero-order valence-electron chi connectivity index (χ0n) is 11.7. The minimum Gasteiger partial charge on any atom is -0.350 e. The van der Waals surface area contributed by atoms with Gasteiger partial charge in [-0.2, -0.15) is 0 Å². The molecule has 0 radical (unpaired) electrons. The Kier molecular flexibility index (Phi) is 6.01. The monoisotopic (exact) mass is 228 g/mol. The summed E-state index contributed by atoms with van der Waals surface area (Å²) in [7, 11) is 0. The van der Waals surface area contributed by atoms with Crippen molar-refractivity contribution >= 4 is 5.91 Å². The van der Waals surface area contributed by atoms with E-state index in [1.807, 2.05) is 13.8 Å². The molecule has 2 N–H and O–H groups in total. The highest BCUT2D eigenvalue weighted by molar-refractivity contribution is 5.78. The first-order chi connectivity index (χ1) is 7.28. The molecule has 0 heterocycles.